The maximum Gasteiger partial charge on any atom is 0.313 e. The zero-order valence-corrected chi connectivity index (χ0v) is 16.5. The number of amides is 2. The molecule has 1 aliphatic carbocycles. The van der Waals surface area contributed by atoms with E-state index < -0.39 is 40.6 Å². The Morgan fingerprint density at radius 2 is 2.00 bits per heavy atom. The molecule has 1 aliphatic heterocycles. The van der Waals surface area contributed by atoms with Crippen LogP contribution in [-0.2, 0) is 9.59 Å². The van der Waals surface area contributed by atoms with Gasteiger partial charge in [-0.05, 0) is 42.7 Å². The number of fused-ring (bicyclic) bond motifs is 1. The lowest BCUT2D eigenvalue weighted by molar-refractivity contribution is -0.147. The highest BCUT2D eigenvalue weighted by atomic mass is 19.2. The van der Waals surface area contributed by atoms with Crippen LogP contribution in [0.25, 0.3) is 0 Å². The van der Waals surface area contributed by atoms with Crippen molar-refractivity contribution in [1.82, 2.24) is 9.88 Å². The van der Waals surface area contributed by atoms with E-state index in [2.05, 4.69) is 10.3 Å². The number of nitrogens with zero attached hydrogens (tertiary/aromatic N) is 2. The molecule has 2 aliphatic rings. The topological polar surface area (TPSA) is 88.3 Å². The molecule has 2 fully saturated rings. The number of nitrogens with two attached hydrogens (primary N) is 1. The molecule has 2 amide bonds. The number of hydrogen-bond acceptors (Lipinski definition) is 4. The Bertz CT molecular complexity index is 1060. The summed E-state index contributed by atoms with van der Waals surface area (Å²) < 4.78 is 42.2. The maximum atomic E-state index is 15.1. The highest BCUT2D eigenvalue weighted by Crippen LogP contribution is 2.66. The van der Waals surface area contributed by atoms with Gasteiger partial charge in [0.2, 0.25) is 0 Å². The Balaban J connectivity index is 1.61. The number of alkyl halides is 1. The highest BCUT2D eigenvalue weighted by Gasteiger charge is 2.70. The van der Waals surface area contributed by atoms with E-state index in [1.54, 1.807) is 19.9 Å². The summed E-state index contributed by atoms with van der Waals surface area (Å²) >= 11 is 0. The van der Waals surface area contributed by atoms with Gasteiger partial charge in [-0.15, -0.1) is 0 Å². The number of aromatic nitrogens is 1. The van der Waals surface area contributed by atoms with Crippen LogP contribution in [0.1, 0.15) is 36.9 Å². The zero-order valence-electron chi connectivity index (χ0n) is 16.5. The molecule has 1 saturated heterocycles. The molecule has 0 spiro atoms. The van der Waals surface area contributed by atoms with Crippen molar-refractivity contribution in [3.05, 3.63) is 53.2 Å². The molecule has 0 bridgehead atoms. The molecule has 1 aromatic heterocycles. The summed E-state index contributed by atoms with van der Waals surface area (Å²) in [5.41, 5.74) is 4.55. The van der Waals surface area contributed by atoms with Crippen LogP contribution in [0.4, 0.5) is 24.7 Å². The molecule has 158 valence electrons. The van der Waals surface area contributed by atoms with E-state index >= 15 is 4.39 Å². The number of rotatable bonds is 2. The molecule has 9 heteroatoms. The SMILES string of the molecule is Cc1cc(NC(=O)C(=O)N2CC3(C)CC3(F)C[C@H]2c2ccc(F)c(F)c2)cnc1N. The number of pyridine rings is 1. The number of nitrogen functional groups attached to an aromatic ring is 1. The fraction of sp³-hybridized carbons (Fsp3) is 0.381. The Morgan fingerprint density at radius 3 is 2.67 bits per heavy atom. The number of halogens is 3. The van der Waals surface area contributed by atoms with Crippen LogP contribution < -0.4 is 11.1 Å². The third kappa shape index (κ3) is 3.28. The predicted octanol–water partition coefficient (Wildman–Crippen LogP) is 3.28. The van der Waals surface area contributed by atoms with Crippen LogP contribution >= 0.6 is 0 Å². The van der Waals surface area contributed by atoms with Crippen LogP contribution in [0.3, 0.4) is 0 Å². The first-order chi connectivity index (χ1) is 14.0. The second-order valence-corrected chi connectivity index (χ2v) is 8.41. The van der Waals surface area contributed by atoms with Gasteiger partial charge in [0.1, 0.15) is 11.5 Å². The van der Waals surface area contributed by atoms with E-state index in [0.29, 0.717) is 17.1 Å². The van der Waals surface area contributed by atoms with Crippen molar-refractivity contribution < 1.29 is 22.8 Å². The van der Waals surface area contributed by atoms with E-state index in [1.807, 2.05) is 0 Å². The molecule has 0 radical (unpaired) electrons. The van der Waals surface area contributed by atoms with Crippen molar-refractivity contribution in [2.45, 2.75) is 38.4 Å². The number of piperidine rings is 1. The first-order valence-electron chi connectivity index (χ1n) is 9.51. The molecule has 3 atom stereocenters. The van der Waals surface area contributed by atoms with Gasteiger partial charge in [-0.2, -0.15) is 0 Å². The Morgan fingerprint density at radius 1 is 1.27 bits per heavy atom. The van der Waals surface area contributed by atoms with Crippen LogP contribution in [0.2, 0.25) is 0 Å². The minimum Gasteiger partial charge on any atom is -0.383 e. The molecular formula is C21H21F3N4O2. The lowest BCUT2D eigenvalue weighted by Gasteiger charge is -2.40. The van der Waals surface area contributed by atoms with Crippen molar-refractivity contribution >= 4 is 23.3 Å². The van der Waals surface area contributed by atoms with Crippen LogP contribution in [0.5, 0.6) is 0 Å². The predicted molar refractivity (Wildman–Crippen MR) is 104 cm³/mol. The minimum absolute atomic E-state index is 0.00156. The van der Waals surface area contributed by atoms with Gasteiger partial charge in [0.15, 0.2) is 11.6 Å². The first-order valence-corrected chi connectivity index (χ1v) is 9.51. The second-order valence-electron chi connectivity index (χ2n) is 8.41. The Labute approximate surface area is 171 Å². The summed E-state index contributed by atoms with van der Waals surface area (Å²) in [7, 11) is 0. The van der Waals surface area contributed by atoms with E-state index in [0.717, 1.165) is 12.1 Å². The van der Waals surface area contributed by atoms with Crippen LogP contribution in [0, 0.1) is 24.0 Å². The quantitative estimate of drug-likeness (QED) is 0.733. The number of carbonyl (C=O) groups excluding carboxylic acids is 2. The first kappa shape index (κ1) is 20.2. The van der Waals surface area contributed by atoms with E-state index in [4.69, 9.17) is 5.73 Å². The number of carbonyl (C=O) groups is 2. The molecule has 2 heterocycles. The molecule has 2 unspecified atom stereocenters. The number of benzene rings is 1. The number of anilines is 2. The number of nitrogens with one attached hydrogen (secondary N) is 1. The fourth-order valence-corrected chi connectivity index (χ4v) is 4.19. The van der Waals surface area contributed by atoms with Crippen molar-refractivity contribution in [2.24, 2.45) is 5.41 Å². The molecule has 30 heavy (non-hydrogen) atoms. The number of aryl methyl sites for hydroxylation is 1. The Hall–Kier alpha value is -3.10. The van der Waals surface area contributed by atoms with Crippen LogP contribution in [0.15, 0.2) is 30.5 Å². The standard InChI is InChI=1S/C21H21F3N4O2/c1-11-5-13(8-26-17(11)25)27-18(29)19(30)28-10-20(2)9-21(20,24)7-16(28)12-3-4-14(22)15(23)6-12/h3-6,8,16H,7,9-10H2,1-2H3,(H2,25,26)(H,27,29)/t16-,20?,21?/m0/s1. The Kier molecular flexibility index (Phi) is 4.52. The molecule has 1 saturated carbocycles. The minimum atomic E-state index is -1.51. The van der Waals surface area contributed by atoms with Gasteiger partial charge in [0, 0.05) is 18.4 Å². The summed E-state index contributed by atoms with van der Waals surface area (Å²) in [6.07, 6.45) is 1.48. The highest BCUT2D eigenvalue weighted by molar-refractivity contribution is 6.39. The fourth-order valence-electron chi connectivity index (χ4n) is 4.19. The van der Waals surface area contributed by atoms with Crippen LogP contribution in [-0.4, -0.2) is 33.9 Å². The normalized spacial score (nSPS) is 27.4. The lowest BCUT2D eigenvalue weighted by Crippen LogP contribution is -2.49. The summed E-state index contributed by atoms with van der Waals surface area (Å²) in [4.78, 5) is 30.8. The van der Waals surface area contributed by atoms with Gasteiger partial charge >= 0.3 is 11.8 Å². The second kappa shape index (κ2) is 6.72. The molecular weight excluding hydrogens is 397 g/mol. The van der Waals surface area contributed by atoms with Gasteiger partial charge in [-0.1, -0.05) is 13.0 Å². The third-order valence-electron chi connectivity index (χ3n) is 6.20. The molecule has 6 nitrogen and oxygen atoms in total. The molecule has 4 rings (SSSR count). The average Bonchev–Trinajstić information content (AvgIpc) is 3.26. The summed E-state index contributed by atoms with van der Waals surface area (Å²) in [5.74, 6) is -3.64. The smallest absolute Gasteiger partial charge is 0.313 e. The van der Waals surface area contributed by atoms with Crippen molar-refractivity contribution in [3.8, 4) is 0 Å². The van der Waals surface area contributed by atoms with Gasteiger partial charge in [0.25, 0.3) is 0 Å². The van der Waals surface area contributed by atoms with Crippen molar-refractivity contribution in [1.29, 1.82) is 0 Å². The van der Waals surface area contributed by atoms with Gasteiger partial charge in [0.05, 0.1) is 17.9 Å². The summed E-state index contributed by atoms with van der Waals surface area (Å²) in [6, 6.07) is 3.88. The molecule has 2 aromatic rings. The van der Waals surface area contributed by atoms with E-state index in [1.165, 1.54) is 17.2 Å². The maximum absolute atomic E-state index is 15.1. The lowest BCUT2D eigenvalue weighted by atomic mass is 9.88. The monoisotopic (exact) mass is 418 g/mol. The van der Waals surface area contributed by atoms with Crippen molar-refractivity contribution in [2.75, 3.05) is 17.6 Å². The van der Waals surface area contributed by atoms with E-state index in [9.17, 15) is 18.4 Å². The summed E-state index contributed by atoms with van der Waals surface area (Å²) in [5, 5.41) is 2.47. The van der Waals surface area contributed by atoms with Gasteiger partial charge < -0.3 is 16.0 Å². The zero-order chi connectivity index (χ0) is 21.8. The van der Waals surface area contributed by atoms with Gasteiger partial charge in [-0.3, -0.25) is 9.59 Å². The molecule has 3 N–H and O–H groups in total. The number of hydrogen-bond donors (Lipinski definition) is 2. The average molecular weight is 418 g/mol. The largest absolute Gasteiger partial charge is 0.383 e. The van der Waals surface area contributed by atoms with Gasteiger partial charge in [-0.25, -0.2) is 18.2 Å². The third-order valence-corrected chi connectivity index (χ3v) is 6.20. The summed E-state index contributed by atoms with van der Waals surface area (Å²) in [6.45, 7) is 3.41. The number of likely N-dealkylation sites (tertiary alicyclic amines) is 1. The molecule has 1 aromatic carbocycles. The van der Waals surface area contributed by atoms with E-state index in [-0.39, 0.29) is 24.9 Å². The van der Waals surface area contributed by atoms with Crippen molar-refractivity contribution in [3.63, 3.8) is 0 Å².